The third-order valence-electron chi connectivity index (χ3n) is 2.79. The third-order valence-corrected chi connectivity index (χ3v) is 3.75. The second-order valence-corrected chi connectivity index (χ2v) is 5.77. The monoisotopic (exact) mass is 334 g/mol. The van der Waals surface area contributed by atoms with Crippen molar-refractivity contribution in [3.63, 3.8) is 0 Å². The fraction of sp³-hybridized carbons (Fsp3) is 0.133. The number of para-hydroxylation sites is 1. The zero-order valence-corrected chi connectivity index (χ0v) is 12.8. The van der Waals surface area contributed by atoms with E-state index >= 15 is 0 Å². The van der Waals surface area contributed by atoms with Crippen molar-refractivity contribution in [2.75, 3.05) is 13.2 Å². The maximum atomic E-state index is 11.4. The predicted molar refractivity (Wildman–Crippen MR) is 83.0 cm³/mol. The minimum absolute atomic E-state index is 0.100. The molecule has 0 aliphatic carbocycles. The predicted octanol–water partition coefficient (Wildman–Crippen LogP) is 2.91. The highest BCUT2D eigenvalue weighted by Gasteiger charge is 2.20. The summed E-state index contributed by atoms with van der Waals surface area (Å²) in [6.07, 6.45) is 0.334. The first-order valence-electron chi connectivity index (χ1n) is 6.63. The minimum atomic E-state index is -4.58. The molecule has 0 aromatic heterocycles. The van der Waals surface area contributed by atoms with Crippen LogP contribution in [0.3, 0.4) is 0 Å². The molecule has 1 N–H and O–H groups in total. The lowest BCUT2D eigenvalue weighted by Gasteiger charge is -2.05. The van der Waals surface area contributed by atoms with Crippen LogP contribution in [-0.2, 0) is 10.1 Å². The zero-order chi connectivity index (χ0) is 16.7. The van der Waals surface area contributed by atoms with Crippen LogP contribution < -0.4 is 4.74 Å². The maximum absolute atomic E-state index is 11.4. The summed E-state index contributed by atoms with van der Waals surface area (Å²) in [5.74, 6) is 0.685. The van der Waals surface area contributed by atoms with E-state index in [9.17, 15) is 17.8 Å². The van der Waals surface area contributed by atoms with Crippen molar-refractivity contribution in [1.82, 2.24) is 0 Å². The van der Waals surface area contributed by atoms with Crippen molar-refractivity contribution in [3.05, 3.63) is 54.1 Å². The van der Waals surface area contributed by atoms with Gasteiger partial charge in [-0.1, -0.05) is 30.3 Å². The summed E-state index contributed by atoms with van der Waals surface area (Å²) in [4.78, 5) is 10.3. The van der Waals surface area contributed by atoms with Crippen molar-refractivity contribution in [1.29, 1.82) is 0 Å². The highest BCUT2D eigenvalue weighted by molar-refractivity contribution is 7.86. The van der Waals surface area contributed by atoms with E-state index in [0.717, 1.165) is 0 Å². The number of nitrogens with zero attached hydrogens (tertiary/aromatic N) is 2. The largest absolute Gasteiger partial charge is 0.492 e. The quantitative estimate of drug-likeness (QED) is 0.363. The van der Waals surface area contributed by atoms with E-state index in [1.165, 1.54) is 18.2 Å². The Hall–Kier alpha value is -2.58. The molecule has 8 heteroatoms. The molecule has 0 fully saturated rings. The second kappa shape index (κ2) is 7.61. The van der Waals surface area contributed by atoms with Crippen LogP contribution in [0.15, 0.2) is 63.7 Å². The molecule has 0 amide bonds. The van der Waals surface area contributed by atoms with Gasteiger partial charge in [0.15, 0.2) is 6.29 Å². The van der Waals surface area contributed by atoms with Gasteiger partial charge in [-0.05, 0) is 18.2 Å². The van der Waals surface area contributed by atoms with E-state index in [4.69, 9.17) is 4.74 Å². The summed E-state index contributed by atoms with van der Waals surface area (Å²) in [7, 11) is -4.58. The van der Waals surface area contributed by atoms with Crippen molar-refractivity contribution < 1.29 is 22.5 Å². The molecule has 2 aromatic carbocycles. The van der Waals surface area contributed by atoms with Crippen LogP contribution in [-0.4, -0.2) is 32.4 Å². The van der Waals surface area contributed by atoms with Crippen molar-refractivity contribution >= 4 is 22.1 Å². The molecule has 2 aromatic rings. The lowest BCUT2D eigenvalue weighted by molar-refractivity contribution is 0.112. The lowest BCUT2D eigenvalue weighted by Crippen LogP contribution is -2.03. The molecule has 0 saturated heterocycles. The average Bonchev–Trinajstić information content (AvgIpc) is 2.54. The van der Waals surface area contributed by atoms with E-state index in [0.29, 0.717) is 12.0 Å². The topological polar surface area (TPSA) is 105 Å². The first-order valence-corrected chi connectivity index (χ1v) is 8.07. The standard InChI is InChI=1S/C15H14N2O5S/c18-11-12-5-4-8-14(15(12)23(19,20)21)17-16-9-10-22-13-6-2-1-3-7-13/h1-8,11H,9-10H2,(H,19,20,21). The van der Waals surface area contributed by atoms with E-state index in [-0.39, 0.29) is 24.4 Å². The molecule has 120 valence electrons. The highest BCUT2D eigenvalue weighted by atomic mass is 32.2. The molecule has 0 aliphatic heterocycles. The first kappa shape index (κ1) is 16.8. The van der Waals surface area contributed by atoms with Gasteiger partial charge in [0.2, 0.25) is 0 Å². The SMILES string of the molecule is O=Cc1cccc(N=NCCOc2ccccc2)c1S(=O)(=O)O. The second-order valence-electron chi connectivity index (χ2n) is 4.41. The Balaban J connectivity index is 2.06. The molecule has 0 radical (unpaired) electrons. The summed E-state index contributed by atoms with van der Waals surface area (Å²) >= 11 is 0. The molecular formula is C15H14N2O5S. The van der Waals surface area contributed by atoms with Crippen LogP contribution in [0.5, 0.6) is 5.75 Å². The number of hydrogen-bond donors (Lipinski definition) is 1. The number of carbonyl (C=O) groups excluding carboxylic acids is 1. The number of azo groups is 1. The Morgan fingerprint density at radius 3 is 2.48 bits per heavy atom. The molecule has 0 unspecified atom stereocenters. The van der Waals surface area contributed by atoms with Crippen LogP contribution in [0.25, 0.3) is 0 Å². The first-order chi connectivity index (χ1) is 11.0. The van der Waals surface area contributed by atoms with Gasteiger partial charge in [0.25, 0.3) is 10.1 Å². The summed E-state index contributed by atoms with van der Waals surface area (Å²) in [6, 6.07) is 13.2. The van der Waals surface area contributed by atoms with Gasteiger partial charge in [0.1, 0.15) is 22.9 Å². The molecule has 0 heterocycles. The van der Waals surface area contributed by atoms with Crippen LogP contribution in [0, 0.1) is 0 Å². The smallest absolute Gasteiger partial charge is 0.297 e. The average molecular weight is 334 g/mol. The number of aldehydes is 1. The summed E-state index contributed by atoms with van der Waals surface area (Å²) in [5.41, 5.74) is -0.277. The van der Waals surface area contributed by atoms with Crippen LogP contribution in [0.2, 0.25) is 0 Å². The van der Waals surface area contributed by atoms with E-state index in [1.54, 1.807) is 12.1 Å². The Labute approximate surface area is 133 Å². The number of ether oxygens (including phenoxy) is 1. The van der Waals surface area contributed by atoms with Crippen molar-refractivity contribution in [2.24, 2.45) is 10.2 Å². The van der Waals surface area contributed by atoms with Crippen molar-refractivity contribution in [3.8, 4) is 5.75 Å². The van der Waals surface area contributed by atoms with Gasteiger partial charge in [0.05, 0.1) is 6.54 Å². The molecule has 7 nitrogen and oxygen atoms in total. The van der Waals surface area contributed by atoms with E-state index in [1.807, 2.05) is 18.2 Å². The van der Waals surface area contributed by atoms with Crippen LogP contribution in [0.1, 0.15) is 10.4 Å². The highest BCUT2D eigenvalue weighted by Crippen LogP contribution is 2.27. The minimum Gasteiger partial charge on any atom is -0.492 e. The Morgan fingerprint density at radius 2 is 1.83 bits per heavy atom. The lowest BCUT2D eigenvalue weighted by atomic mass is 10.2. The molecule has 0 atom stereocenters. The number of benzene rings is 2. The molecule has 0 aliphatic rings. The normalized spacial score (nSPS) is 11.5. The zero-order valence-electron chi connectivity index (χ0n) is 12.0. The Kier molecular flexibility index (Phi) is 5.56. The Morgan fingerprint density at radius 1 is 1.09 bits per heavy atom. The fourth-order valence-electron chi connectivity index (χ4n) is 1.84. The van der Waals surface area contributed by atoms with E-state index in [2.05, 4.69) is 10.2 Å². The number of rotatable bonds is 7. The van der Waals surface area contributed by atoms with Crippen LogP contribution >= 0.6 is 0 Å². The van der Waals surface area contributed by atoms with E-state index < -0.39 is 15.0 Å². The summed E-state index contributed by atoms with van der Waals surface area (Å²) in [6.45, 7) is 0.438. The van der Waals surface area contributed by atoms with Gasteiger partial charge in [-0.2, -0.15) is 18.6 Å². The van der Waals surface area contributed by atoms with Gasteiger partial charge in [-0.25, -0.2) is 0 Å². The van der Waals surface area contributed by atoms with Gasteiger partial charge >= 0.3 is 0 Å². The summed E-state index contributed by atoms with van der Waals surface area (Å²) < 4.78 is 37.4. The number of hydrogen-bond acceptors (Lipinski definition) is 6. The van der Waals surface area contributed by atoms with Gasteiger partial charge in [-0.15, -0.1) is 0 Å². The summed E-state index contributed by atoms with van der Waals surface area (Å²) in [5, 5.41) is 7.57. The van der Waals surface area contributed by atoms with Gasteiger partial charge in [0, 0.05) is 5.56 Å². The van der Waals surface area contributed by atoms with Gasteiger partial charge < -0.3 is 4.74 Å². The third kappa shape index (κ3) is 4.70. The fourth-order valence-corrected chi connectivity index (χ4v) is 2.63. The maximum Gasteiger partial charge on any atom is 0.297 e. The molecule has 0 spiro atoms. The molecular weight excluding hydrogens is 320 g/mol. The molecule has 2 rings (SSSR count). The molecule has 0 saturated carbocycles. The van der Waals surface area contributed by atoms with Crippen molar-refractivity contribution in [2.45, 2.75) is 4.90 Å². The van der Waals surface area contributed by atoms with Crippen LogP contribution in [0.4, 0.5) is 5.69 Å². The molecule has 0 bridgehead atoms. The Bertz CT molecular complexity index is 804. The molecule has 23 heavy (non-hydrogen) atoms. The number of carbonyl (C=O) groups is 1. The van der Waals surface area contributed by atoms with Gasteiger partial charge in [-0.3, -0.25) is 9.35 Å².